The maximum absolute atomic E-state index is 11.6. The van der Waals surface area contributed by atoms with E-state index < -0.39 is 4.92 Å². The van der Waals surface area contributed by atoms with Crippen LogP contribution < -0.4 is 15.4 Å². The second kappa shape index (κ2) is 6.69. The summed E-state index contributed by atoms with van der Waals surface area (Å²) < 4.78 is 5.19. The van der Waals surface area contributed by atoms with Crippen LogP contribution in [0.5, 0.6) is 5.75 Å². The van der Waals surface area contributed by atoms with E-state index in [0.29, 0.717) is 18.0 Å². The molecule has 0 unspecified atom stereocenters. The van der Waals surface area contributed by atoms with Crippen molar-refractivity contribution in [3.05, 3.63) is 28.3 Å². The first-order valence-corrected chi connectivity index (χ1v) is 6.05. The highest BCUT2D eigenvalue weighted by molar-refractivity contribution is 5.98. The first kappa shape index (κ1) is 14.9. The predicted octanol–water partition coefficient (Wildman–Crippen LogP) is 1.31. The Hall–Kier alpha value is -2.15. The third-order valence-corrected chi connectivity index (χ3v) is 2.45. The van der Waals surface area contributed by atoms with E-state index in [0.717, 1.165) is 0 Å². The average molecular weight is 267 g/mol. The fourth-order valence-corrected chi connectivity index (χ4v) is 1.68. The van der Waals surface area contributed by atoms with Crippen LogP contribution in [-0.4, -0.2) is 30.5 Å². The van der Waals surface area contributed by atoms with Crippen LogP contribution in [0.15, 0.2) is 18.2 Å². The number of carbonyl (C=O) groups excluding carboxylic acids is 1. The average Bonchev–Trinajstić information content (AvgIpc) is 2.43. The van der Waals surface area contributed by atoms with Crippen LogP contribution in [0.4, 0.5) is 11.4 Å². The van der Waals surface area contributed by atoms with E-state index in [9.17, 15) is 14.9 Å². The molecule has 2 rings (SSSR count). The van der Waals surface area contributed by atoms with Gasteiger partial charge in [0.1, 0.15) is 5.75 Å². The van der Waals surface area contributed by atoms with Crippen molar-refractivity contribution in [3.8, 4) is 5.75 Å². The molecule has 0 atom stereocenters. The van der Waals surface area contributed by atoms with Gasteiger partial charge in [-0.15, -0.1) is 0 Å². The van der Waals surface area contributed by atoms with Gasteiger partial charge in [0, 0.05) is 25.2 Å². The first-order valence-electron chi connectivity index (χ1n) is 6.05. The summed E-state index contributed by atoms with van der Waals surface area (Å²) in [4.78, 5) is 23.2. The molecule has 1 aliphatic heterocycles. The molecular weight excluding hydrogens is 250 g/mol. The van der Waals surface area contributed by atoms with Gasteiger partial charge in [0.25, 0.3) is 11.6 Å². The second-order valence-corrected chi connectivity index (χ2v) is 3.53. The minimum Gasteiger partial charge on any atom is -0.482 e. The number of nitrogens with two attached hydrogens (primary N) is 1. The van der Waals surface area contributed by atoms with Crippen LogP contribution in [-0.2, 0) is 4.79 Å². The molecule has 0 saturated heterocycles. The van der Waals surface area contributed by atoms with E-state index in [1.807, 2.05) is 13.8 Å². The predicted molar refractivity (Wildman–Crippen MR) is 71.3 cm³/mol. The standard InChI is InChI=1S/C10H11N3O4.C2H6/c11-3-4-12-8-5-7(13(15)16)1-2-9(8)17-6-10(12)14;1-2/h1-2,5H,3-4,6,11H2;1-2H3. The highest BCUT2D eigenvalue weighted by Crippen LogP contribution is 2.34. The van der Waals surface area contributed by atoms with Crippen molar-refractivity contribution in [2.24, 2.45) is 5.73 Å². The van der Waals surface area contributed by atoms with Crippen LogP contribution in [0.1, 0.15) is 13.8 Å². The fourth-order valence-electron chi connectivity index (χ4n) is 1.68. The van der Waals surface area contributed by atoms with Gasteiger partial charge in [0.05, 0.1) is 10.6 Å². The van der Waals surface area contributed by atoms with Crippen molar-refractivity contribution in [1.82, 2.24) is 0 Å². The SMILES string of the molecule is CC.NCCN1C(=O)COc2ccc([N+](=O)[O-])cc21. The van der Waals surface area contributed by atoms with Crippen LogP contribution >= 0.6 is 0 Å². The van der Waals surface area contributed by atoms with Crippen LogP contribution in [0.3, 0.4) is 0 Å². The molecule has 104 valence electrons. The summed E-state index contributed by atoms with van der Waals surface area (Å²) in [5.74, 6) is 0.215. The van der Waals surface area contributed by atoms with Gasteiger partial charge in [-0.3, -0.25) is 14.9 Å². The molecule has 1 aliphatic rings. The number of non-ortho nitro benzene ring substituents is 1. The topological polar surface area (TPSA) is 98.7 Å². The zero-order chi connectivity index (χ0) is 14.4. The zero-order valence-electron chi connectivity index (χ0n) is 11.0. The van der Waals surface area contributed by atoms with Gasteiger partial charge in [-0.05, 0) is 6.07 Å². The molecular formula is C12H17N3O4. The van der Waals surface area contributed by atoms with E-state index >= 15 is 0 Å². The lowest BCUT2D eigenvalue weighted by Gasteiger charge is -2.28. The Morgan fingerprint density at radius 1 is 1.47 bits per heavy atom. The molecule has 7 nitrogen and oxygen atoms in total. The third-order valence-electron chi connectivity index (χ3n) is 2.45. The number of hydrogen-bond donors (Lipinski definition) is 1. The Kier molecular flexibility index (Phi) is 5.25. The van der Waals surface area contributed by atoms with Crippen molar-refractivity contribution in [1.29, 1.82) is 0 Å². The Balaban J connectivity index is 0.000000861. The molecule has 1 amide bonds. The summed E-state index contributed by atoms with van der Waals surface area (Å²) in [5.41, 5.74) is 5.73. The number of fused-ring (bicyclic) bond motifs is 1. The molecule has 0 saturated carbocycles. The molecule has 0 spiro atoms. The molecule has 0 aliphatic carbocycles. The molecule has 0 radical (unpaired) electrons. The lowest BCUT2D eigenvalue weighted by atomic mass is 10.2. The number of ether oxygens (including phenoxy) is 1. The van der Waals surface area contributed by atoms with Gasteiger partial charge in [0.15, 0.2) is 6.61 Å². The number of amides is 1. The quantitative estimate of drug-likeness (QED) is 0.657. The molecule has 1 heterocycles. The molecule has 19 heavy (non-hydrogen) atoms. The zero-order valence-corrected chi connectivity index (χ0v) is 11.0. The van der Waals surface area contributed by atoms with Crippen molar-refractivity contribution in [3.63, 3.8) is 0 Å². The summed E-state index contributed by atoms with van der Waals surface area (Å²) in [6, 6.07) is 4.15. The molecule has 0 aromatic heterocycles. The summed E-state index contributed by atoms with van der Waals surface area (Å²) in [5, 5.41) is 10.7. The van der Waals surface area contributed by atoms with Crippen LogP contribution in [0.2, 0.25) is 0 Å². The lowest BCUT2D eigenvalue weighted by molar-refractivity contribution is -0.384. The Morgan fingerprint density at radius 2 is 2.16 bits per heavy atom. The smallest absolute Gasteiger partial charge is 0.271 e. The highest BCUT2D eigenvalue weighted by Gasteiger charge is 2.26. The lowest BCUT2D eigenvalue weighted by Crippen LogP contribution is -2.41. The van der Waals surface area contributed by atoms with E-state index in [-0.39, 0.29) is 24.7 Å². The minimum absolute atomic E-state index is 0.0647. The number of nitro groups is 1. The Labute approximate surface area is 111 Å². The molecule has 7 heteroatoms. The summed E-state index contributed by atoms with van der Waals surface area (Å²) in [6.45, 7) is 4.54. The van der Waals surface area contributed by atoms with Crippen molar-refractivity contribution >= 4 is 17.3 Å². The summed E-state index contributed by atoms with van der Waals surface area (Å²) >= 11 is 0. The van der Waals surface area contributed by atoms with Gasteiger partial charge in [-0.2, -0.15) is 0 Å². The number of nitro benzene ring substituents is 1. The van der Waals surface area contributed by atoms with E-state index in [4.69, 9.17) is 10.5 Å². The number of nitrogens with zero attached hydrogens (tertiary/aromatic N) is 2. The molecule has 1 aromatic carbocycles. The van der Waals surface area contributed by atoms with E-state index in [2.05, 4.69) is 0 Å². The van der Waals surface area contributed by atoms with Gasteiger partial charge >= 0.3 is 0 Å². The monoisotopic (exact) mass is 267 g/mol. The highest BCUT2D eigenvalue weighted by atomic mass is 16.6. The number of anilines is 1. The maximum Gasteiger partial charge on any atom is 0.271 e. The van der Waals surface area contributed by atoms with Crippen LogP contribution in [0.25, 0.3) is 0 Å². The number of hydrogen-bond acceptors (Lipinski definition) is 5. The normalized spacial score (nSPS) is 13.0. The summed E-state index contributed by atoms with van der Waals surface area (Å²) in [7, 11) is 0. The maximum atomic E-state index is 11.6. The summed E-state index contributed by atoms with van der Waals surface area (Å²) in [6.07, 6.45) is 0. The molecule has 1 aromatic rings. The number of benzene rings is 1. The molecule has 2 N–H and O–H groups in total. The minimum atomic E-state index is -0.514. The Bertz CT molecular complexity index is 476. The molecule has 0 fully saturated rings. The second-order valence-electron chi connectivity index (χ2n) is 3.53. The van der Waals surface area contributed by atoms with Gasteiger partial charge in [-0.1, -0.05) is 13.8 Å². The Morgan fingerprint density at radius 3 is 2.74 bits per heavy atom. The number of carbonyl (C=O) groups is 1. The fraction of sp³-hybridized carbons (Fsp3) is 0.417. The van der Waals surface area contributed by atoms with Gasteiger partial charge in [0.2, 0.25) is 0 Å². The number of rotatable bonds is 3. The first-order chi connectivity index (χ1) is 9.13. The van der Waals surface area contributed by atoms with Crippen molar-refractivity contribution < 1.29 is 14.5 Å². The molecule has 0 bridgehead atoms. The van der Waals surface area contributed by atoms with Crippen molar-refractivity contribution in [2.75, 3.05) is 24.6 Å². The van der Waals surface area contributed by atoms with E-state index in [1.54, 1.807) is 0 Å². The van der Waals surface area contributed by atoms with Gasteiger partial charge in [-0.25, -0.2) is 0 Å². The third kappa shape index (κ3) is 3.19. The van der Waals surface area contributed by atoms with Crippen molar-refractivity contribution in [2.45, 2.75) is 13.8 Å². The van der Waals surface area contributed by atoms with Gasteiger partial charge < -0.3 is 15.4 Å². The largest absolute Gasteiger partial charge is 0.482 e. The van der Waals surface area contributed by atoms with E-state index in [1.165, 1.54) is 23.1 Å². The van der Waals surface area contributed by atoms with Crippen LogP contribution in [0, 0.1) is 10.1 Å².